The van der Waals surface area contributed by atoms with Crippen molar-refractivity contribution >= 4 is 18.7 Å². The van der Waals surface area contributed by atoms with Gasteiger partial charge >= 0.3 is 19.4 Å². The van der Waals surface area contributed by atoms with Crippen LogP contribution in [0, 0.1) is 0 Å². The SMILES string of the molecule is CC(C)(C)OC(=O)N1CCC(c2cc(B3OC(C)(C)C(C)(C)O3)ccc2C(F)(F)F)CC1. The molecule has 2 aliphatic rings. The molecule has 0 unspecified atom stereocenters. The molecule has 32 heavy (non-hydrogen) atoms. The lowest BCUT2D eigenvalue weighted by Crippen LogP contribution is -2.41. The second-order valence-corrected chi connectivity index (χ2v) is 10.7. The maximum Gasteiger partial charge on any atom is 0.494 e. The number of rotatable bonds is 2. The van der Waals surface area contributed by atoms with Crippen LogP contribution >= 0.6 is 0 Å². The van der Waals surface area contributed by atoms with Crippen LogP contribution in [0.3, 0.4) is 0 Å². The molecule has 1 aromatic carbocycles. The Bertz CT molecular complexity index is 840. The van der Waals surface area contributed by atoms with Crippen LogP contribution in [0.4, 0.5) is 18.0 Å². The number of piperidine rings is 1. The molecule has 1 aromatic rings. The zero-order chi connectivity index (χ0) is 24.1. The van der Waals surface area contributed by atoms with Crippen LogP contribution < -0.4 is 5.46 Å². The number of hydrogen-bond donors (Lipinski definition) is 0. The van der Waals surface area contributed by atoms with E-state index in [-0.39, 0.29) is 11.5 Å². The molecule has 0 saturated carbocycles. The molecule has 3 rings (SSSR count). The quantitative estimate of drug-likeness (QED) is 0.581. The monoisotopic (exact) mass is 455 g/mol. The highest BCUT2D eigenvalue weighted by atomic mass is 19.4. The molecule has 2 fully saturated rings. The van der Waals surface area contributed by atoms with Crippen LogP contribution in [-0.4, -0.2) is 48.0 Å². The Hall–Kier alpha value is -1.74. The fraction of sp³-hybridized carbons (Fsp3) is 0.696. The molecule has 0 aliphatic carbocycles. The first-order chi connectivity index (χ1) is 14.5. The fourth-order valence-electron chi connectivity index (χ4n) is 4.00. The minimum Gasteiger partial charge on any atom is -0.444 e. The first kappa shape index (κ1) is 24.9. The van der Waals surface area contributed by atoms with E-state index >= 15 is 0 Å². The van der Waals surface area contributed by atoms with Gasteiger partial charge in [0.1, 0.15) is 5.60 Å². The van der Waals surface area contributed by atoms with Crippen molar-refractivity contribution in [2.75, 3.05) is 13.1 Å². The smallest absolute Gasteiger partial charge is 0.444 e. The van der Waals surface area contributed by atoms with Crippen molar-refractivity contribution < 1.29 is 32.0 Å². The van der Waals surface area contributed by atoms with Crippen LogP contribution in [0.1, 0.15) is 78.4 Å². The molecule has 1 amide bonds. The number of halogens is 3. The number of amides is 1. The van der Waals surface area contributed by atoms with E-state index in [9.17, 15) is 18.0 Å². The lowest BCUT2D eigenvalue weighted by atomic mass is 9.75. The zero-order valence-corrected chi connectivity index (χ0v) is 19.9. The Morgan fingerprint density at radius 3 is 2.06 bits per heavy atom. The van der Waals surface area contributed by atoms with Crippen LogP contribution in [-0.2, 0) is 20.2 Å². The van der Waals surface area contributed by atoms with Gasteiger partial charge in [-0.3, -0.25) is 0 Å². The largest absolute Gasteiger partial charge is 0.494 e. The van der Waals surface area contributed by atoms with Crippen molar-refractivity contribution in [3.63, 3.8) is 0 Å². The number of likely N-dealkylation sites (tertiary alicyclic amines) is 1. The number of ether oxygens (including phenoxy) is 1. The Labute approximate surface area is 188 Å². The van der Waals surface area contributed by atoms with E-state index in [1.165, 1.54) is 6.07 Å². The van der Waals surface area contributed by atoms with Crippen molar-refractivity contribution in [1.29, 1.82) is 0 Å². The van der Waals surface area contributed by atoms with E-state index in [0.29, 0.717) is 31.4 Å². The lowest BCUT2D eigenvalue weighted by Gasteiger charge is -2.34. The number of benzene rings is 1. The third-order valence-electron chi connectivity index (χ3n) is 6.49. The number of alkyl halides is 3. The topological polar surface area (TPSA) is 48.0 Å². The van der Waals surface area contributed by atoms with Gasteiger partial charge in [0.15, 0.2) is 0 Å². The fourth-order valence-corrected chi connectivity index (χ4v) is 4.00. The van der Waals surface area contributed by atoms with Crippen molar-refractivity contribution in [2.24, 2.45) is 0 Å². The molecule has 2 heterocycles. The van der Waals surface area contributed by atoms with Gasteiger partial charge in [-0.05, 0) is 78.3 Å². The zero-order valence-electron chi connectivity index (χ0n) is 19.9. The molecule has 2 saturated heterocycles. The highest BCUT2D eigenvalue weighted by Crippen LogP contribution is 2.40. The van der Waals surface area contributed by atoms with Crippen molar-refractivity contribution in [1.82, 2.24) is 4.90 Å². The van der Waals surface area contributed by atoms with Gasteiger partial charge in [0.05, 0.1) is 16.8 Å². The van der Waals surface area contributed by atoms with Crippen molar-refractivity contribution in [3.05, 3.63) is 29.3 Å². The predicted molar refractivity (Wildman–Crippen MR) is 117 cm³/mol. The molecule has 0 atom stereocenters. The molecule has 5 nitrogen and oxygen atoms in total. The Balaban J connectivity index is 1.83. The lowest BCUT2D eigenvalue weighted by molar-refractivity contribution is -0.138. The van der Waals surface area contributed by atoms with E-state index < -0.39 is 41.8 Å². The van der Waals surface area contributed by atoms with Crippen LogP contribution in [0.25, 0.3) is 0 Å². The highest BCUT2D eigenvalue weighted by molar-refractivity contribution is 6.62. The maximum absolute atomic E-state index is 13.8. The van der Waals surface area contributed by atoms with Gasteiger partial charge in [-0.25, -0.2) is 4.79 Å². The van der Waals surface area contributed by atoms with E-state index in [1.54, 1.807) is 31.7 Å². The summed E-state index contributed by atoms with van der Waals surface area (Å²) < 4.78 is 58.9. The number of nitrogens with zero attached hydrogens (tertiary/aromatic N) is 1. The summed E-state index contributed by atoms with van der Waals surface area (Å²) >= 11 is 0. The van der Waals surface area contributed by atoms with E-state index in [4.69, 9.17) is 14.0 Å². The third-order valence-corrected chi connectivity index (χ3v) is 6.49. The summed E-state index contributed by atoms with van der Waals surface area (Å²) in [4.78, 5) is 13.9. The average molecular weight is 455 g/mol. The van der Waals surface area contributed by atoms with Crippen LogP contribution in [0.2, 0.25) is 0 Å². The standard InChI is InChI=1S/C23H33BF3NO4/c1-20(2,3)30-19(29)28-12-10-15(11-13-28)17-14-16(8-9-18(17)23(25,26)27)24-31-21(4,5)22(6,7)32-24/h8-9,14-15H,10-13H2,1-7H3. The summed E-state index contributed by atoms with van der Waals surface area (Å²) in [6.45, 7) is 13.7. The van der Waals surface area contributed by atoms with Gasteiger partial charge in [0.25, 0.3) is 0 Å². The van der Waals surface area contributed by atoms with Gasteiger partial charge < -0.3 is 18.9 Å². The van der Waals surface area contributed by atoms with Gasteiger partial charge in [-0.1, -0.05) is 18.2 Å². The van der Waals surface area contributed by atoms with Gasteiger partial charge in [-0.15, -0.1) is 0 Å². The van der Waals surface area contributed by atoms with Crippen molar-refractivity contribution in [3.8, 4) is 0 Å². The molecule has 9 heteroatoms. The molecule has 0 radical (unpaired) electrons. The van der Waals surface area contributed by atoms with E-state index in [1.807, 2.05) is 27.7 Å². The Morgan fingerprint density at radius 1 is 1.06 bits per heavy atom. The maximum atomic E-state index is 13.8. The summed E-state index contributed by atoms with van der Waals surface area (Å²) in [5.41, 5.74) is -1.63. The highest BCUT2D eigenvalue weighted by Gasteiger charge is 2.52. The summed E-state index contributed by atoms with van der Waals surface area (Å²) in [5.74, 6) is -0.326. The van der Waals surface area contributed by atoms with E-state index in [2.05, 4.69) is 0 Å². The molecule has 0 N–H and O–H groups in total. The van der Waals surface area contributed by atoms with E-state index in [0.717, 1.165) is 6.07 Å². The van der Waals surface area contributed by atoms with Gasteiger partial charge in [0.2, 0.25) is 0 Å². The Kier molecular flexibility index (Phi) is 6.41. The average Bonchev–Trinajstić information content (AvgIpc) is 2.86. The molecule has 0 aromatic heterocycles. The molecule has 0 spiro atoms. The normalized spacial score (nSPS) is 21.7. The Morgan fingerprint density at radius 2 is 1.59 bits per heavy atom. The second kappa shape index (κ2) is 8.24. The van der Waals surface area contributed by atoms with Crippen molar-refractivity contribution in [2.45, 2.75) is 90.2 Å². The first-order valence-electron chi connectivity index (χ1n) is 11.0. The second-order valence-electron chi connectivity index (χ2n) is 10.7. The third kappa shape index (κ3) is 5.25. The van der Waals surface area contributed by atoms with Gasteiger partial charge in [0, 0.05) is 13.1 Å². The predicted octanol–water partition coefficient (Wildman–Crippen LogP) is 5.12. The summed E-state index contributed by atoms with van der Waals surface area (Å²) in [6, 6.07) is 4.12. The summed E-state index contributed by atoms with van der Waals surface area (Å²) in [6.07, 6.45) is -4.05. The number of carbonyl (C=O) groups excluding carboxylic acids is 1. The molecule has 0 bridgehead atoms. The molecule has 178 valence electrons. The molecular formula is C23H33BF3NO4. The minimum absolute atomic E-state index is 0.230. The molecule has 2 aliphatic heterocycles. The van der Waals surface area contributed by atoms with Gasteiger partial charge in [-0.2, -0.15) is 13.2 Å². The number of carbonyl (C=O) groups is 1. The number of hydrogen-bond acceptors (Lipinski definition) is 4. The first-order valence-corrected chi connectivity index (χ1v) is 11.0. The molecular weight excluding hydrogens is 422 g/mol. The minimum atomic E-state index is -4.47. The summed E-state index contributed by atoms with van der Waals surface area (Å²) in [7, 11) is -0.733. The summed E-state index contributed by atoms with van der Waals surface area (Å²) in [5, 5.41) is 0. The van der Waals surface area contributed by atoms with Crippen LogP contribution in [0.5, 0.6) is 0 Å². The van der Waals surface area contributed by atoms with Crippen LogP contribution in [0.15, 0.2) is 18.2 Å².